The first-order valence-electron chi connectivity index (χ1n) is 10.6. The Morgan fingerprint density at radius 3 is 2.61 bits per heavy atom. The Bertz CT molecular complexity index is 797. The minimum atomic E-state index is 0.398. The molecule has 0 spiro atoms. The molecule has 0 bridgehead atoms. The summed E-state index contributed by atoms with van der Waals surface area (Å²) in [4.78, 5) is 9.40. The molecule has 2 aromatic rings. The SMILES string of the molecule is Nc1nc(N2CCC(N3CC4CC4C[C@@H]3CCc3ccc(Cl)cc3)CC2)n[nH]1. The fourth-order valence-corrected chi connectivity index (χ4v) is 5.37. The number of halogens is 1. The summed E-state index contributed by atoms with van der Waals surface area (Å²) in [7, 11) is 0. The number of nitrogens with one attached hydrogen (secondary N) is 1. The molecule has 1 saturated carbocycles. The van der Waals surface area contributed by atoms with E-state index in [-0.39, 0.29) is 0 Å². The van der Waals surface area contributed by atoms with Gasteiger partial charge in [0.25, 0.3) is 0 Å². The molecule has 0 radical (unpaired) electrons. The minimum absolute atomic E-state index is 0.398. The minimum Gasteiger partial charge on any atom is -0.368 e. The molecule has 1 aliphatic carbocycles. The number of anilines is 2. The highest BCUT2D eigenvalue weighted by Crippen LogP contribution is 2.49. The molecule has 2 aliphatic heterocycles. The van der Waals surface area contributed by atoms with Crippen LogP contribution in [0.3, 0.4) is 0 Å². The van der Waals surface area contributed by atoms with Crippen LogP contribution in [0.4, 0.5) is 11.9 Å². The zero-order valence-corrected chi connectivity index (χ0v) is 17.0. The maximum atomic E-state index is 6.04. The molecule has 1 aromatic carbocycles. The van der Waals surface area contributed by atoms with Crippen LogP contribution in [0.2, 0.25) is 5.02 Å². The van der Waals surface area contributed by atoms with Crippen molar-refractivity contribution in [1.82, 2.24) is 20.1 Å². The first-order chi connectivity index (χ1) is 13.7. The number of aromatic amines is 1. The summed E-state index contributed by atoms with van der Waals surface area (Å²) in [6.07, 6.45) is 7.60. The number of aryl methyl sites for hydroxylation is 1. The molecule has 0 amide bonds. The lowest BCUT2D eigenvalue weighted by atomic mass is 9.91. The van der Waals surface area contributed by atoms with E-state index in [9.17, 15) is 0 Å². The van der Waals surface area contributed by atoms with Crippen molar-refractivity contribution in [3.63, 3.8) is 0 Å². The van der Waals surface area contributed by atoms with Crippen LogP contribution < -0.4 is 10.6 Å². The number of H-pyrrole nitrogens is 1. The van der Waals surface area contributed by atoms with E-state index in [4.69, 9.17) is 17.3 Å². The average Bonchev–Trinajstić information content (AvgIpc) is 3.35. The molecule has 3 aliphatic rings. The highest BCUT2D eigenvalue weighted by Gasteiger charge is 2.47. The Kier molecular flexibility index (Phi) is 4.93. The van der Waals surface area contributed by atoms with Crippen molar-refractivity contribution in [1.29, 1.82) is 0 Å². The van der Waals surface area contributed by atoms with Gasteiger partial charge in [-0.25, -0.2) is 5.10 Å². The third kappa shape index (κ3) is 3.85. The number of aromatic nitrogens is 3. The van der Waals surface area contributed by atoms with Crippen molar-refractivity contribution in [2.75, 3.05) is 30.3 Å². The molecule has 5 rings (SSSR count). The van der Waals surface area contributed by atoms with Gasteiger partial charge in [-0.3, -0.25) is 4.90 Å². The summed E-state index contributed by atoms with van der Waals surface area (Å²) in [6.45, 7) is 3.32. The summed E-state index contributed by atoms with van der Waals surface area (Å²) < 4.78 is 0. The summed E-state index contributed by atoms with van der Waals surface area (Å²) in [6, 6.07) is 9.78. The number of piperidine rings is 2. The fraction of sp³-hybridized carbons (Fsp3) is 0.619. The predicted molar refractivity (Wildman–Crippen MR) is 113 cm³/mol. The number of hydrogen-bond acceptors (Lipinski definition) is 5. The van der Waals surface area contributed by atoms with Crippen LogP contribution in [-0.2, 0) is 6.42 Å². The molecule has 28 heavy (non-hydrogen) atoms. The smallest absolute Gasteiger partial charge is 0.246 e. The molecule has 3 N–H and O–H groups in total. The van der Waals surface area contributed by atoms with Crippen molar-refractivity contribution < 1.29 is 0 Å². The molecule has 7 heteroatoms. The lowest BCUT2D eigenvalue weighted by Gasteiger charge is -2.44. The Labute approximate surface area is 171 Å². The van der Waals surface area contributed by atoms with E-state index in [1.165, 1.54) is 44.2 Å². The topological polar surface area (TPSA) is 74.1 Å². The Hall–Kier alpha value is -1.79. The van der Waals surface area contributed by atoms with Gasteiger partial charge < -0.3 is 10.6 Å². The summed E-state index contributed by atoms with van der Waals surface area (Å²) in [5.74, 6) is 3.09. The molecule has 3 atom stereocenters. The third-order valence-corrected chi connectivity index (χ3v) is 7.20. The highest BCUT2D eigenvalue weighted by molar-refractivity contribution is 6.30. The molecule has 2 saturated heterocycles. The molecule has 150 valence electrons. The van der Waals surface area contributed by atoms with Crippen molar-refractivity contribution >= 4 is 23.5 Å². The van der Waals surface area contributed by atoms with Crippen molar-refractivity contribution in [2.45, 2.75) is 50.6 Å². The summed E-state index contributed by atoms with van der Waals surface area (Å²) in [5.41, 5.74) is 7.09. The van der Waals surface area contributed by atoms with Crippen LogP contribution in [0.5, 0.6) is 0 Å². The van der Waals surface area contributed by atoms with Gasteiger partial charge in [0.1, 0.15) is 0 Å². The van der Waals surface area contributed by atoms with Gasteiger partial charge in [0.05, 0.1) is 0 Å². The molecular formula is C21H29ClN6. The summed E-state index contributed by atoms with van der Waals surface area (Å²) in [5, 5.41) is 7.80. The molecule has 3 heterocycles. The molecule has 2 unspecified atom stereocenters. The lowest BCUT2D eigenvalue weighted by Crippen LogP contribution is -2.52. The number of fused-ring (bicyclic) bond motifs is 1. The fourth-order valence-electron chi connectivity index (χ4n) is 5.25. The number of nitrogen functional groups attached to an aromatic ring is 1. The van der Waals surface area contributed by atoms with Crippen LogP contribution in [-0.4, -0.2) is 51.8 Å². The van der Waals surface area contributed by atoms with Gasteiger partial charge in [-0.2, -0.15) is 4.98 Å². The second kappa shape index (κ2) is 7.56. The van der Waals surface area contributed by atoms with Gasteiger partial charge in [-0.15, -0.1) is 5.10 Å². The largest absolute Gasteiger partial charge is 0.368 e. The van der Waals surface area contributed by atoms with Crippen LogP contribution in [0.1, 0.15) is 37.7 Å². The molecule has 6 nitrogen and oxygen atoms in total. The van der Waals surface area contributed by atoms with Gasteiger partial charge >= 0.3 is 0 Å². The van der Waals surface area contributed by atoms with E-state index >= 15 is 0 Å². The summed E-state index contributed by atoms with van der Waals surface area (Å²) >= 11 is 6.04. The first-order valence-corrected chi connectivity index (χ1v) is 11.0. The van der Waals surface area contributed by atoms with Crippen LogP contribution in [0.15, 0.2) is 24.3 Å². The number of nitrogens with two attached hydrogens (primary N) is 1. The van der Waals surface area contributed by atoms with Crippen LogP contribution in [0, 0.1) is 11.8 Å². The number of rotatable bonds is 5. The molecule has 3 fully saturated rings. The second-order valence-corrected chi connectivity index (χ2v) is 9.18. The van der Waals surface area contributed by atoms with E-state index in [2.05, 4.69) is 37.1 Å². The third-order valence-electron chi connectivity index (χ3n) is 6.94. The van der Waals surface area contributed by atoms with E-state index in [0.29, 0.717) is 12.0 Å². The number of benzene rings is 1. The quantitative estimate of drug-likeness (QED) is 0.805. The van der Waals surface area contributed by atoms with Gasteiger partial charge in [0.2, 0.25) is 11.9 Å². The van der Waals surface area contributed by atoms with Gasteiger partial charge in [-0.1, -0.05) is 23.7 Å². The number of nitrogens with zero attached hydrogens (tertiary/aromatic N) is 4. The van der Waals surface area contributed by atoms with Gasteiger partial charge in [-0.05, 0) is 68.1 Å². The zero-order chi connectivity index (χ0) is 19.1. The van der Waals surface area contributed by atoms with Crippen molar-refractivity contribution in [2.24, 2.45) is 11.8 Å². The number of likely N-dealkylation sites (tertiary alicyclic amines) is 1. The van der Waals surface area contributed by atoms with Crippen molar-refractivity contribution in [3.05, 3.63) is 34.9 Å². The predicted octanol–water partition coefficient (Wildman–Crippen LogP) is 3.35. The Morgan fingerprint density at radius 2 is 1.89 bits per heavy atom. The zero-order valence-electron chi connectivity index (χ0n) is 16.2. The molecule has 1 aromatic heterocycles. The van der Waals surface area contributed by atoms with Gasteiger partial charge in [0.15, 0.2) is 0 Å². The second-order valence-electron chi connectivity index (χ2n) is 8.75. The van der Waals surface area contributed by atoms with E-state index in [1.807, 2.05) is 12.1 Å². The average molecular weight is 401 g/mol. The monoisotopic (exact) mass is 400 g/mol. The van der Waals surface area contributed by atoms with Crippen LogP contribution in [0.25, 0.3) is 0 Å². The first kappa shape index (κ1) is 18.3. The van der Waals surface area contributed by atoms with E-state index in [1.54, 1.807) is 0 Å². The standard InChI is InChI=1S/C21H29ClN6/c22-17-4-1-14(2-5-17)3-6-19-12-15-11-16(15)13-28(19)18-7-9-27(10-8-18)21-24-20(23)25-26-21/h1-2,4-5,15-16,18-19H,3,6-13H2,(H3,23,24,25,26)/t15?,16?,19-/m0/s1. The normalized spacial score (nSPS) is 28.3. The maximum absolute atomic E-state index is 6.04. The lowest BCUT2D eigenvalue weighted by molar-refractivity contribution is 0.0697. The Morgan fingerprint density at radius 1 is 1.11 bits per heavy atom. The van der Waals surface area contributed by atoms with E-state index in [0.717, 1.165) is 48.4 Å². The van der Waals surface area contributed by atoms with Crippen molar-refractivity contribution in [3.8, 4) is 0 Å². The molecular weight excluding hydrogens is 372 g/mol. The Balaban J connectivity index is 1.20. The van der Waals surface area contributed by atoms with E-state index < -0.39 is 0 Å². The van der Waals surface area contributed by atoms with Crippen LogP contribution >= 0.6 is 11.6 Å². The highest BCUT2D eigenvalue weighted by atomic mass is 35.5. The number of hydrogen-bond donors (Lipinski definition) is 2. The van der Waals surface area contributed by atoms with Gasteiger partial charge in [0, 0.05) is 36.7 Å². The maximum Gasteiger partial charge on any atom is 0.246 e.